The minimum Gasteiger partial charge on any atom is -0.457 e. The lowest BCUT2D eigenvalue weighted by molar-refractivity contribution is -0.164. The maximum atomic E-state index is 12.2. The summed E-state index contributed by atoms with van der Waals surface area (Å²) in [4.78, 5) is 12.2. The van der Waals surface area contributed by atoms with Crippen molar-refractivity contribution in [2.75, 3.05) is 13.2 Å². The van der Waals surface area contributed by atoms with Gasteiger partial charge in [0.15, 0.2) is 6.10 Å². The summed E-state index contributed by atoms with van der Waals surface area (Å²) in [5, 5.41) is 0. The molecule has 0 aliphatic carbocycles. The Morgan fingerprint density at radius 3 is 2.33 bits per heavy atom. The van der Waals surface area contributed by atoms with Crippen LogP contribution in [-0.4, -0.2) is 49.7 Å². The van der Waals surface area contributed by atoms with E-state index in [9.17, 15) is 4.79 Å². The quantitative estimate of drug-likeness (QED) is 0.705. The van der Waals surface area contributed by atoms with E-state index in [1.54, 1.807) is 0 Å². The number of hydrogen-bond donors (Lipinski definition) is 0. The molecule has 5 unspecified atom stereocenters. The Hall–Kier alpha value is -0.650. The number of fused-ring (bicyclic) bond motifs is 1. The van der Waals surface area contributed by atoms with Crippen LogP contribution in [0.3, 0.4) is 0 Å². The molecule has 2 saturated heterocycles. The minimum absolute atomic E-state index is 0.0622. The highest BCUT2D eigenvalue weighted by molar-refractivity contribution is 5.76. The van der Waals surface area contributed by atoms with Gasteiger partial charge >= 0.3 is 5.97 Å². The van der Waals surface area contributed by atoms with Crippen LogP contribution in [0.1, 0.15) is 47.5 Å². The fraction of sp³-hybridized carbons (Fsp3) is 0.938. The van der Waals surface area contributed by atoms with E-state index >= 15 is 0 Å². The molecule has 2 aliphatic heterocycles. The maximum absolute atomic E-state index is 12.2. The molecule has 2 heterocycles. The molecule has 0 aromatic carbocycles. The fourth-order valence-corrected chi connectivity index (χ4v) is 2.48. The molecule has 21 heavy (non-hydrogen) atoms. The van der Waals surface area contributed by atoms with Crippen LogP contribution in [0, 0.1) is 5.41 Å². The number of ether oxygens (including phenoxy) is 4. The van der Waals surface area contributed by atoms with Crippen molar-refractivity contribution in [3.63, 3.8) is 0 Å². The van der Waals surface area contributed by atoms with Crippen LogP contribution in [0.25, 0.3) is 0 Å². The number of esters is 1. The Labute approximate surface area is 127 Å². The molecule has 5 nitrogen and oxygen atoms in total. The molecule has 0 spiro atoms. The smallest absolute Gasteiger partial charge is 0.311 e. The topological polar surface area (TPSA) is 54.0 Å². The summed E-state index contributed by atoms with van der Waals surface area (Å²) in [6, 6.07) is 0. The second-order valence-corrected chi connectivity index (χ2v) is 6.67. The van der Waals surface area contributed by atoms with Gasteiger partial charge in [-0.05, 0) is 33.6 Å². The molecular formula is C16H28O5. The molecule has 0 aromatic rings. The molecule has 2 rings (SSSR count). The first-order chi connectivity index (χ1) is 9.89. The SMILES string of the molecule is CCC(C)OC1COC2C(OC(=O)C(C)(C)CC)COC12. The Morgan fingerprint density at radius 1 is 1.19 bits per heavy atom. The first kappa shape index (κ1) is 16.7. The predicted octanol–water partition coefficient (Wildman–Crippen LogP) is 2.32. The minimum atomic E-state index is -0.469. The second-order valence-electron chi connectivity index (χ2n) is 6.67. The van der Waals surface area contributed by atoms with Crippen molar-refractivity contribution in [3.05, 3.63) is 0 Å². The summed E-state index contributed by atoms with van der Waals surface area (Å²) < 4.78 is 23.1. The van der Waals surface area contributed by atoms with Gasteiger partial charge in [-0.15, -0.1) is 0 Å². The average Bonchev–Trinajstić information content (AvgIpc) is 3.03. The molecule has 0 saturated carbocycles. The Morgan fingerprint density at radius 2 is 1.76 bits per heavy atom. The van der Waals surface area contributed by atoms with Gasteiger partial charge in [-0.3, -0.25) is 4.79 Å². The molecule has 0 radical (unpaired) electrons. The van der Waals surface area contributed by atoms with Gasteiger partial charge in [0.05, 0.1) is 24.7 Å². The van der Waals surface area contributed by atoms with Crippen molar-refractivity contribution < 1.29 is 23.7 Å². The lowest BCUT2D eigenvalue weighted by Crippen LogP contribution is -2.38. The zero-order chi connectivity index (χ0) is 15.6. The van der Waals surface area contributed by atoms with Crippen LogP contribution in [0.15, 0.2) is 0 Å². The summed E-state index contributed by atoms with van der Waals surface area (Å²) in [5.74, 6) is -0.186. The van der Waals surface area contributed by atoms with Crippen LogP contribution < -0.4 is 0 Å². The molecule has 2 aliphatic rings. The van der Waals surface area contributed by atoms with Crippen molar-refractivity contribution in [3.8, 4) is 0 Å². The predicted molar refractivity (Wildman–Crippen MR) is 78.1 cm³/mol. The Balaban J connectivity index is 1.91. The molecule has 0 bridgehead atoms. The summed E-state index contributed by atoms with van der Waals surface area (Å²) in [5.41, 5.74) is -0.469. The van der Waals surface area contributed by atoms with E-state index < -0.39 is 5.41 Å². The van der Waals surface area contributed by atoms with E-state index in [1.807, 2.05) is 27.7 Å². The molecule has 0 N–H and O–H groups in total. The highest BCUT2D eigenvalue weighted by Gasteiger charge is 2.51. The normalized spacial score (nSPS) is 33.8. The standard InChI is InChI=1S/C16H28O5/c1-6-10(3)20-11-8-18-14-12(9-19-13(11)14)21-15(17)16(4,5)7-2/h10-14H,6-9H2,1-5H3. The fourth-order valence-electron chi connectivity index (χ4n) is 2.48. The lowest BCUT2D eigenvalue weighted by atomic mass is 9.90. The van der Waals surface area contributed by atoms with Gasteiger partial charge in [-0.1, -0.05) is 13.8 Å². The molecule has 122 valence electrons. The maximum Gasteiger partial charge on any atom is 0.311 e. The third-order valence-corrected chi connectivity index (χ3v) is 4.64. The summed E-state index contributed by atoms with van der Waals surface area (Å²) >= 11 is 0. The average molecular weight is 300 g/mol. The van der Waals surface area contributed by atoms with Gasteiger partial charge in [0.1, 0.15) is 18.3 Å². The van der Waals surface area contributed by atoms with Crippen LogP contribution in [0.5, 0.6) is 0 Å². The molecule has 5 atom stereocenters. The van der Waals surface area contributed by atoms with E-state index in [2.05, 4.69) is 6.92 Å². The molecule has 5 heteroatoms. The van der Waals surface area contributed by atoms with Gasteiger partial charge in [0.2, 0.25) is 0 Å². The van der Waals surface area contributed by atoms with Gasteiger partial charge in [-0.2, -0.15) is 0 Å². The molecule has 0 amide bonds. The van der Waals surface area contributed by atoms with Crippen LogP contribution in [0.2, 0.25) is 0 Å². The third-order valence-electron chi connectivity index (χ3n) is 4.64. The molecule has 0 aromatic heterocycles. The molecule has 2 fully saturated rings. The number of hydrogen-bond acceptors (Lipinski definition) is 5. The van der Waals surface area contributed by atoms with Gasteiger partial charge < -0.3 is 18.9 Å². The van der Waals surface area contributed by atoms with E-state index in [1.165, 1.54) is 0 Å². The summed E-state index contributed by atoms with van der Waals surface area (Å²) in [6.07, 6.45) is 1.18. The second kappa shape index (κ2) is 6.63. The number of rotatable bonds is 6. The van der Waals surface area contributed by atoms with Crippen molar-refractivity contribution >= 4 is 5.97 Å². The van der Waals surface area contributed by atoms with Crippen LogP contribution >= 0.6 is 0 Å². The van der Waals surface area contributed by atoms with Crippen molar-refractivity contribution in [1.82, 2.24) is 0 Å². The van der Waals surface area contributed by atoms with E-state index in [0.29, 0.717) is 13.2 Å². The summed E-state index contributed by atoms with van der Waals surface area (Å²) in [6.45, 7) is 10.8. The largest absolute Gasteiger partial charge is 0.457 e. The van der Waals surface area contributed by atoms with E-state index in [4.69, 9.17) is 18.9 Å². The lowest BCUT2D eigenvalue weighted by Gasteiger charge is -2.24. The highest BCUT2D eigenvalue weighted by Crippen LogP contribution is 2.33. The van der Waals surface area contributed by atoms with Gasteiger partial charge in [-0.25, -0.2) is 0 Å². The zero-order valence-electron chi connectivity index (χ0n) is 13.8. The monoisotopic (exact) mass is 300 g/mol. The zero-order valence-corrected chi connectivity index (χ0v) is 13.8. The molecular weight excluding hydrogens is 272 g/mol. The van der Waals surface area contributed by atoms with E-state index in [0.717, 1.165) is 12.8 Å². The summed E-state index contributed by atoms with van der Waals surface area (Å²) in [7, 11) is 0. The number of carbonyl (C=O) groups excluding carboxylic acids is 1. The van der Waals surface area contributed by atoms with Crippen molar-refractivity contribution in [1.29, 1.82) is 0 Å². The van der Waals surface area contributed by atoms with Gasteiger partial charge in [0.25, 0.3) is 0 Å². The third kappa shape index (κ3) is 3.58. The Bertz CT molecular complexity index is 368. The van der Waals surface area contributed by atoms with Gasteiger partial charge in [0, 0.05) is 0 Å². The van der Waals surface area contributed by atoms with E-state index in [-0.39, 0.29) is 36.5 Å². The van der Waals surface area contributed by atoms with Crippen LogP contribution in [-0.2, 0) is 23.7 Å². The highest BCUT2D eigenvalue weighted by atomic mass is 16.7. The Kier molecular flexibility index (Phi) is 5.28. The van der Waals surface area contributed by atoms with Crippen molar-refractivity contribution in [2.45, 2.75) is 78.0 Å². The first-order valence-corrected chi connectivity index (χ1v) is 7.98. The first-order valence-electron chi connectivity index (χ1n) is 7.98. The van der Waals surface area contributed by atoms with Crippen LogP contribution in [0.4, 0.5) is 0 Å². The number of carbonyl (C=O) groups is 1. The van der Waals surface area contributed by atoms with Crippen molar-refractivity contribution in [2.24, 2.45) is 5.41 Å².